The van der Waals surface area contributed by atoms with E-state index in [1.54, 1.807) is 12.4 Å². The Bertz CT molecular complexity index is 1160. The highest BCUT2D eigenvalue weighted by molar-refractivity contribution is 5.81. The fraction of sp³-hybridized carbons (Fsp3) is 0.143. The first-order valence-electron chi connectivity index (χ1n) is 9.33. The van der Waals surface area contributed by atoms with Gasteiger partial charge in [-0.2, -0.15) is 10.1 Å². The van der Waals surface area contributed by atoms with Crippen LogP contribution in [0.5, 0.6) is 5.75 Å². The van der Waals surface area contributed by atoms with Crippen molar-refractivity contribution >= 4 is 23.3 Å². The Morgan fingerprint density at radius 1 is 0.931 bits per heavy atom. The Labute approximate surface area is 167 Å². The van der Waals surface area contributed by atoms with E-state index in [1.165, 1.54) is 5.69 Å². The number of ether oxygens (including phenoxy) is 1. The summed E-state index contributed by atoms with van der Waals surface area (Å²) in [7, 11) is 1.96. The minimum absolute atomic E-state index is 0.464. The number of para-hydroxylation sites is 1. The Balaban J connectivity index is 1.46. The van der Waals surface area contributed by atoms with E-state index in [1.807, 2.05) is 54.3 Å². The number of pyridine rings is 1. The van der Waals surface area contributed by atoms with Crippen molar-refractivity contribution in [1.29, 1.82) is 0 Å². The predicted octanol–water partition coefficient (Wildman–Crippen LogP) is 3.69. The van der Waals surface area contributed by atoms with E-state index in [4.69, 9.17) is 4.74 Å². The van der Waals surface area contributed by atoms with Gasteiger partial charge in [-0.1, -0.05) is 18.2 Å². The lowest BCUT2D eigenvalue weighted by Crippen LogP contribution is -2.05. The van der Waals surface area contributed by atoms with Gasteiger partial charge in [0.15, 0.2) is 5.75 Å². The number of hydrogen-bond acceptors (Lipinski definition) is 7. The first-order valence-corrected chi connectivity index (χ1v) is 9.33. The lowest BCUT2D eigenvalue weighted by Gasteiger charge is -2.14. The van der Waals surface area contributed by atoms with Gasteiger partial charge >= 0.3 is 0 Å². The topological polar surface area (TPSA) is 89.8 Å². The van der Waals surface area contributed by atoms with Gasteiger partial charge in [0, 0.05) is 42.7 Å². The van der Waals surface area contributed by atoms with Crippen LogP contribution in [0.15, 0.2) is 61.1 Å². The van der Waals surface area contributed by atoms with Gasteiger partial charge in [-0.25, -0.2) is 9.97 Å². The van der Waals surface area contributed by atoms with Crippen LogP contribution >= 0.6 is 0 Å². The van der Waals surface area contributed by atoms with Crippen LogP contribution in [0.25, 0.3) is 11.1 Å². The van der Waals surface area contributed by atoms with Gasteiger partial charge in [-0.15, -0.1) is 0 Å². The molecule has 3 aromatic heterocycles. The van der Waals surface area contributed by atoms with Crippen LogP contribution in [0, 0.1) is 0 Å². The van der Waals surface area contributed by atoms with Gasteiger partial charge in [0.1, 0.15) is 11.6 Å². The van der Waals surface area contributed by atoms with E-state index in [-0.39, 0.29) is 0 Å². The summed E-state index contributed by atoms with van der Waals surface area (Å²) in [5.41, 5.74) is 4.15. The lowest BCUT2D eigenvalue weighted by molar-refractivity contribution is 0.324. The van der Waals surface area contributed by atoms with Crippen molar-refractivity contribution in [2.45, 2.75) is 6.42 Å². The molecule has 0 bridgehead atoms. The van der Waals surface area contributed by atoms with E-state index in [0.29, 0.717) is 24.2 Å². The van der Waals surface area contributed by atoms with Gasteiger partial charge in [0.25, 0.3) is 0 Å². The minimum atomic E-state index is 0.464. The standard InChI is InChI=1S/C21H19N7O/c1-28-17-9-12-29-20-14(15(17)13-24-28)5-4-6-16(20)25-19-8-11-23-21(27-19)26-18-7-2-3-10-22-18/h2-8,10-11,13H,9,12H2,1H3,(H2,22,23,25,26,27). The second-order valence-electron chi connectivity index (χ2n) is 6.64. The van der Waals surface area contributed by atoms with Crippen LogP contribution in [0.1, 0.15) is 5.69 Å². The van der Waals surface area contributed by atoms with Crippen LogP contribution in [0.2, 0.25) is 0 Å². The number of aromatic nitrogens is 5. The van der Waals surface area contributed by atoms with E-state index >= 15 is 0 Å². The average Bonchev–Trinajstić information content (AvgIpc) is 2.99. The molecular weight excluding hydrogens is 366 g/mol. The molecule has 0 saturated heterocycles. The molecule has 5 rings (SSSR count). The van der Waals surface area contributed by atoms with Gasteiger partial charge < -0.3 is 15.4 Å². The van der Waals surface area contributed by atoms with Crippen LogP contribution in [-0.4, -0.2) is 31.3 Å². The second-order valence-corrected chi connectivity index (χ2v) is 6.64. The van der Waals surface area contributed by atoms with Gasteiger partial charge in [0.05, 0.1) is 18.5 Å². The number of rotatable bonds is 4. The molecule has 1 aliphatic rings. The average molecular weight is 385 g/mol. The third kappa shape index (κ3) is 3.36. The SMILES string of the molecule is Cn1ncc2c1CCOc1c(Nc3ccnc(Nc4ccccn4)n3)cccc1-2. The van der Waals surface area contributed by atoms with Crippen molar-refractivity contribution in [3.63, 3.8) is 0 Å². The molecule has 0 amide bonds. The molecule has 8 nitrogen and oxygen atoms in total. The zero-order valence-electron chi connectivity index (χ0n) is 15.8. The molecule has 2 N–H and O–H groups in total. The maximum Gasteiger partial charge on any atom is 0.230 e. The molecule has 4 heterocycles. The number of anilines is 4. The maximum absolute atomic E-state index is 6.10. The van der Waals surface area contributed by atoms with Crippen molar-refractivity contribution in [3.8, 4) is 16.9 Å². The third-order valence-electron chi connectivity index (χ3n) is 4.78. The third-order valence-corrected chi connectivity index (χ3v) is 4.78. The highest BCUT2D eigenvalue weighted by atomic mass is 16.5. The molecule has 0 aliphatic carbocycles. The molecule has 8 heteroatoms. The van der Waals surface area contributed by atoms with Gasteiger partial charge in [-0.3, -0.25) is 4.68 Å². The van der Waals surface area contributed by atoms with Crippen molar-refractivity contribution in [2.24, 2.45) is 7.05 Å². The summed E-state index contributed by atoms with van der Waals surface area (Å²) < 4.78 is 8.01. The molecule has 1 aliphatic heterocycles. The number of nitrogens with one attached hydrogen (secondary N) is 2. The predicted molar refractivity (Wildman–Crippen MR) is 111 cm³/mol. The van der Waals surface area contributed by atoms with Crippen LogP contribution in [0.3, 0.4) is 0 Å². The molecule has 4 aromatic rings. The summed E-state index contributed by atoms with van der Waals surface area (Å²) >= 11 is 0. The van der Waals surface area contributed by atoms with Crippen molar-refractivity contribution in [1.82, 2.24) is 24.7 Å². The Hall–Kier alpha value is -3.94. The largest absolute Gasteiger partial charge is 0.490 e. The van der Waals surface area contributed by atoms with Crippen LogP contribution < -0.4 is 15.4 Å². The maximum atomic E-state index is 6.10. The van der Waals surface area contributed by atoms with Crippen LogP contribution in [-0.2, 0) is 13.5 Å². The fourth-order valence-electron chi connectivity index (χ4n) is 3.41. The molecule has 0 saturated carbocycles. The summed E-state index contributed by atoms with van der Waals surface area (Å²) in [6.45, 7) is 0.592. The second kappa shape index (κ2) is 7.23. The molecule has 1 aromatic carbocycles. The highest BCUT2D eigenvalue weighted by Gasteiger charge is 2.21. The van der Waals surface area contributed by atoms with Crippen molar-refractivity contribution in [2.75, 3.05) is 17.2 Å². The molecular formula is C21H19N7O. The Morgan fingerprint density at radius 3 is 2.79 bits per heavy atom. The monoisotopic (exact) mass is 385 g/mol. The smallest absolute Gasteiger partial charge is 0.230 e. The molecule has 144 valence electrons. The summed E-state index contributed by atoms with van der Waals surface area (Å²) in [5, 5.41) is 10.9. The van der Waals surface area contributed by atoms with Gasteiger partial charge in [0.2, 0.25) is 5.95 Å². The lowest BCUT2D eigenvalue weighted by atomic mass is 10.0. The minimum Gasteiger partial charge on any atom is -0.490 e. The molecule has 0 unspecified atom stereocenters. The van der Waals surface area contributed by atoms with E-state index in [2.05, 4.69) is 36.8 Å². The quantitative estimate of drug-likeness (QED) is 0.554. The zero-order valence-corrected chi connectivity index (χ0v) is 15.8. The molecule has 0 atom stereocenters. The first kappa shape index (κ1) is 17.2. The number of aryl methyl sites for hydroxylation is 1. The molecule has 0 fully saturated rings. The number of benzene rings is 1. The normalized spacial score (nSPS) is 12.3. The first-order chi connectivity index (χ1) is 14.3. The fourth-order valence-corrected chi connectivity index (χ4v) is 3.41. The summed E-state index contributed by atoms with van der Waals surface area (Å²) in [6.07, 6.45) is 6.12. The Kier molecular flexibility index (Phi) is 4.28. The number of hydrogen-bond donors (Lipinski definition) is 2. The zero-order chi connectivity index (χ0) is 19.6. The summed E-state index contributed by atoms with van der Waals surface area (Å²) in [5.74, 6) is 2.61. The summed E-state index contributed by atoms with van der Waals surface area (Å²) in [4.78, 5) is 13.0. The number of fused-ring (bicyclic) bond motifs is 3. The Morgan fingerprint density at radius 2 is 1.90 bits per heavy atom. The summed E-state index contributed by atoms with van der Waals surface area (Å²) in [6, 6.07) is 13.5. The van der Waals surface area contributed by atoms with Crippen LogP contribution in [0.4, 0.5) is 23.3 Å². The van der Waals surface area contributed by atoms with E-state index in [0.717, 1.165) is 29.0 Å². The van der Waals surface area contributed by atoms with Crippen molar-refractivity contribution in [3.05, 3.63) is 66.7 Å². The molecule has 0 radical (unpaired) electrons. The molecule has 0 spiro atoms. The highest BCUT2D eigenvalue weighted by Crippen LogP contribution is 2.41. The van der Waals surface area contributed by atoms with E-state index in [9.17, 15) is 0 Å². The van der Waals surface area contributed by atoms with Gasteiger partial charge in [-0.05, 0) is 24.3 Å². The van der Waals surface area contributed by atoms with E-state index < -0.39 is 0 Å². The van der Waals surface area contributed by atoms with Crippen molar-refractivity contribution < 1.29 is 4.74 Å². The molecule has 29 heavy (non-hydrogen) atoms. The number of nitrogens with zero attached hydrogens (tertiary/aromatic N) is 5.